The highest BCUT2D eigenvalue weighted by Gasteiger charge is 2.62. The Bertz CT molecular complexity index is 2620. The van der Waals surface area contributed by atoms with Crippen LogP contribution in [0.5, 0.6) is 23.0 Å². The normalized spacial score (nSPS) is 19.8. The molecule has 1 aliphatic heterocycles. The molecule has 2 unspecified atom stereocenters. The fraction of sp³-hybridized carbons (Fsp3) is 0.422. The minimum atomic E-state index is -1.50. The molecule has 3 aliphatic rings. The highest BCUT2D eigenvalue weighted by atomic mass is 16.6. The molecule has 4 aromatic rings. The summed E-state index contributed by atoms with van der Waals surface area (Å²) in [5.41, 5.74) is -2.75. The van der Waals surface area contributed by atoms with E-state index in [1.54, 1.807) is 43.3 Å². The standard InChI is InChI=1S/C23H26N2O7.C22H22N2O6/c1-12-10-15(18(26)23(5)13(2)20(28)32-21(29)22(23,3)4)19(27)25(24-12)14-8-9-16(30-6)17(11-14)31-7;1-29-18-9-8-13(10-19(18)30-2)24-22(28)14(11-15(23-24)12-6-7-12)21(27)20-16(25)4-3-5-17(20)26/h8-11,13H,1-7H3;8-12,20H,3-7H2,1-2H3. The van der Waals surface area contributed by atoms with E-state index in [9.17, 15) is 38.4 Å². The van der Waals surface area contributed by atoms with E-state index < -0.39 is 68.9 Å². The van der Waals surface area contributed by atoms with Crippen LogP contribution in [-0.4, -0.2) is 83.1 Å². The largest absolute Gasteiger partial charge is 0.493 e. The number of carbonyl (C=O) groups excluding carboxylic acids is 6. The molecule has 17 nitrogen and oxygen atoms in total. The molecule has 326 valence electrons. The number of cyclic esters (lactones) is 2. The molecular weight excluding hydrogens is 805 g/mol. The van der Waals surface area contributed by atoms with Crippen molar-refractivity contribution < 1.29 is 52.5 Å². The third kappa shape index (κ3) is 7.94. The molecule has 2 saturated carbocycles. The summed E-state index contributed by atoms with van der Waals surface area (Å²) in [6.45, 7) is 7.77. The number of benzene rings is 2. The molecule has 62 heavy (non-hydrogen) atoms. The Hall–Kier alpha value is -6.78. The summed E-state index contributed by atoms with van der Waals surface area (Å²) in [6, 6.07) is 12.5. The van der Waals surface area contributed by atoms with Gasteiger partial charge in [-0.1, -0.05) is 13.8 Å². The fourth-order valence-electron chi connectivity index (χ4n) is 7.72. The Morgan fingerprint density at radius 2 is 1.19 bits per heavy atom. The van der Waals surface area contributed by atoms with Crippen molar-refractivity contribution in [1.82, 2.24) is 19.6 Å². The first-order valence-electron chi connectivity index (χ1n) is 19.9. The lowest BCUT2D eigenvalue weighted by Crippen LogP contribution is -2.59. The average molecular weight is 853 g/mol. The SMILES string of the molecule is COc1ccc(-n2nc(C)cc(C(=O)C3(C)C(C)C(=O)OC(=O)C3(C)C)c2=O)cc1OC.COc1ccc(-n2nc(C3CC3)cc(C(=O)C3C(=O)CCCC3=O)c2=O)cc1OC. The van der Waals surface area contributed by atoms with Gasteiger partial charge >= 0.3 is 11.9 Å². The molecule has 7 rings (SSSR count). The molecule has 3 heterocycles. The maximum atomic E-state index is 13.8. The zero-order valence-electron chi connectivity index (χ0n) is 36.0. The Balaban J connectivity index is 0.000000207. The van der Waals surface area contributed by atoms with Crippen molar-refractivity contribution >= 4 is 35.1 Å². The van der Waals surface area contributed by atoms with Crippen molar-refractivity contribution in [2.45, 2.75) is 72.6 Å². The van der Waals surface area contributed by atoms with E-state index in [2.05, 4.69) is 10.2 Å². The van der Waals surface area contributed by atoms with Gasteiger partial charge in [0.1, 0.15) is 5.92 Å². The number of methoxy groups -OCH3 is 4. The van der Waals surface area contributed by atoms with Crippen LogP contribution in [-0.2, 0) is 23.9 Å². The van der Waals surface area contributed by atoms with E-state index in [1.165, 1.54) is 68.3 Å². The monoisotopic (exact) mass is 852 g/mol. The Kier molecular flexibility index (Phi) is 12.5. The molecule has 0 radical (unpaired) electrons. The molecule has 2 aromatic heterocycles. The van der Waals surface area contributed by atoms with Crippen molar-refractivity contribution in [2.24, 2.45) is 22.7 Å². The van der Waals surface area contributed by atoms with Gasteiger partial charge in [-0.05, 0) is 76.4 Å². The summed E-state index contributed by atoms with van der Waals surface area (Å²) in [5.74, 6) is -4.21. The van der Waals surface area contributed by atoms with Gasteiger partial charge in [-0.3, -0.25) is 38.4 Å². The number of rotatable bonds is 11. The number of nitrogens with zero attached hydrogens (tertiary/aromatic N) is 4. The van der Waals surface area contributed by atoms with Gasteiger partial charge in [0, 0.05) is 30.9 Å². The first kappa shape index (κ1) is 44.8. The third-order valence-corrected chi connectivity index (χ3v) is 12.1. The smallest absolute Gasteiger partial charge is 0.320 e. The number of Topliss-reactive ketones (excluding diaryl/α,β-unsaturated/α-hetero) is 4. The minimum absolute atomic E-state index is 0.154. The van der Waals surface area contributed by atoms with Crippen molar-refractivity contribution in [3.05, 3.63) is 91.8 Å². The second-order valence-electron chi connectivity index (χ2n) is 16.1. The Morgan fingerprint density at radius 1 is 0.694 bits per heavy atom. The Morgan fingerprint density at radius 3 is 1.69 bits per heavy atom. The van der Waals surface area contributed by atoms with Crippen LogP contribution in [0.15, 0.2) is 58.1 Å². The van der Waals surface area contributed by atoms with Crippen LogP contribution in [0.3, 0.4) is 0 Å². The van der Waals surface area contributed by atoms with E-state index in [1.807, 2.05) is 0 Å². The van der Waals surface area contributed by atoms with Gasteiger partial charge in [-0.2, -0.15) is 19.6 Å². The van der Waals surface area contributed by atoms with Crippen LogP contribution in [0.25, 0.3) is 11.4 Å². The number of hydrogen-bond acceptors (Lipinski definition) is 15. The molecule has 2 aromatic carbocycles. The number of ether oxygens (including phenoxy) is 5. The number of aromatic nitrogens is 4. The second-order valence-corrected chi connectivity index (χ2v) is 16.1. The van der Waals surface area contributed by atoms with E-state index in [0.29, 0.717) is 52.2 Å². The van der Waals surface area contributed by atoms with Gasteiger partial charge in [0.05, 0.1) is 79.1 Å². The van der Waals surface area contributed by atoms with Gasteiger partial charge in [0.25, 0.3) is 11.1 Å². The molecule has 2 aliphatic carbocycles. The van der Waals surface area contributed by atoms with Crippen LogP contribution in [0.4, 0.5) is 0 Å². The van der Waals surface area contributed by atoms with Crippen LogP contribution in [0, 0.1) is 29.6 Å². The minimum Gasteiger partial charge on any atom is -0.493 e. The molecule has 0 amide bonds. The molecule has 2 atom stereocenters. The lowest BCUT2D eigenvalue weighted by Gasteiger charge is -2.47. The fourth-order valence-corrected chi connectivity index (χ4v) is 7.72. The van der Waals surface area contributed by atoms with E-state index in [4.69, 9.17) is 23.7 Å². The molecule has 1 saturated heterocycles. The zero-order valence-corrected chi connectivity index (χ0v) is 36.0. The number of hydrogen-bond donors (Lipinski definition) is 0. The van der Waals surface area contributed by atoms with Crippen LogP contribution in [0.2, 0.25) is 0 Å². The lowest BCUT2D eigenvalue weighted by atomic mass is 9.56. The van der Waals surface area contributed by atoms with E-state index in [-0.39, 0.29) is 29.9 Å². The van der Waals surface area contributed by atoms with Gasteiger partial charge in [0.2, 0.25) is 0 Å². The summed E-state index contributed by atoms with van der Waals surface area (Å²) >= 11 is 0. The van der Waals surface area contributed by atoms with Crippen LogP contribution < -0.4 is 30.1 Å². The molecule has 0 bridgehead atoms. The van der Waals surface area contributed by atoms with E-state index in [0.717, 1.165) is 22.2 Å². The zero-order chi connectivity index (χ0) is 45.4. The number of carbonyl (C=O) groups is 6. The van der Waals surface area contributed by atoms with Crippen molar-refractivity contribution in [3.63, 3.8) is 0 Å². The van der Waals surface area contributed by atoms with Crippen molar-refractivity contribution in [1.29, 1.82) is 0 Å². The average Bonchev–Trinajstić information content (AvgIpc) is 4.11. The number of ketones is 4. The Labute approximate surface area is 356 Å². The van der Waals surface area contributed by atoms with Crippen LogP contribution >= 0.6 is 0 Å². The topological polar surface area (TPSA) is 218 Å². The molecular formula is C45H48N4O13. The highest BCUT2D eigenvalue weighted by molar-refractivity contribution is 6.25. The summed E-state index contributed by atoms with van der Waals surface area (Å²) < 4.78 is 28.1. The van der Waals surface area contributed by atoms with Gasteiger partial charge in [-0.15, -0.1) is 0 Å². The van der Waals surface area contributed by atoms with Crippen molar-refractivity contribution in [3.8, 4) is 34.4 Å². The molecule has 3 fully saturated rings. The predicted molar refractivity (Wildman–Crippen MR) is 221 cm³/mol. The van der Waals surface area contributed by atoms with Crippen molar-refractivity contribution in [2.75, 3.05) is 28.4 Å². The summed E-state index contributed by atoms with van der Waals surface area (Å²) in [5, 5.41) is 8.71. The highest BCUT2D eigenvalue weighted by Crippen LogP contribution is 2.51. The number of aryl methyl sites for hydroxylation is 1. The van der Waals surface area contributed by atoms with Gasteiger partial charge in [0.15, 0.2) is 46.1 Å². The first-order chi connectivity index (χ1) is 29.3. The summed E-state index contributed by atoms with van der Waals surface area (Å²) in [7, 11) is 5.94. The quantitative estimate of drug-likeness (QED) is 0.113. The van der Waals surface area contributed by atoms with Gasteiger partial charge < -0.3 is 23.7 Å². The maximum absolute atomic E-state index is 13.8. The lowest BCUT2D eigenvalue weighted by molar-refractivity contribution is -0.187. The van der Waals surface area contributed by atoms with Gasteiger partial charge in [-0.25, -0.2) is 0 Å². The van der Waals surface area contributed by atoms with E-state index >= 15 is 0 Å². The first-order valence-corrected chi connectivity index (χ1v) is 19.9. The summed E-state index contributed by atoms with van der Waals surface area (Å²) in [6.07, 6.45) is 2.61. The molecule has 0 N–H and O–H groups in total. The third-order valence-electron chi connectivity index (χ3n) is 12.1. The summed E-state index contributed by atoms with van der Waals surface area (Å²) in [4.78, 5) is 103. The molecule has 0 spiro atoms. The van der Waals surface area contributed by atoms with Crippen LogP contribution in [0.1, 0.15) is 97.8 Å². The maximum Gasteiger partial charge on any atom is 0.320 e. The molecule has 17 heteroatoms. The number of esters is 2. The predicted octanol–water partition coefficient (Wildman–Crippen LogP) is 4.74. The second kappa shape index (κ2) is 17.3.